The number of aliphatic carboxylic acids is 1. The Morgan fingerprint density at radius 2 is 2.12 bits per heavy atom. The number of methoxy groups -OCH3 is 1. The standard InChI is InChI=1S/C10H18N2O4/c1-6-3-7(6)4-11-10(15)12-5-8(16-2)9(13)14/h6-8H,3-5H2,1-2H3,(H,13,14)(H2,11,12,15). The molecule has 0 heterocycles. The predicted molar refractivity (Wildman–Crippen MR) is 57.1 cm³/mol. The molecular weight excluding hydrogens is 212 g/mol. The Bertz CT molecular complexity index is 270. The molecule has 1 aliphatic carbocycles. The van der Waals surface area contributed by atoms with Crippen LogP contribution in [0.1, 0.15) is 13.3 Å². The Morgan fingerprint density at radius 3 is 2.56 bits per heavy atom. The minimum atomic E-state index is -1.08. The van der Waals surface area contributed by atoms with Gasteiger partial charge in [-0.2, -0.15) is 0 Å². The molecule has 0 aromatic heterocycles. The number of urea groups is 1. The van der Waals surface area contributed by atoms with Crippen molar-refractivity contribution in [1.82, 2.24) is 10.6 Å². The van der Waals surface area contributed by atoms with E-state index < -0.39 is 12.1 Å². The van der Waals surface area contributed by atoms with Crippen molar-refractivity contribution >= 4 is 12.0 Å². The molecule has 1 rings (SSSR count). The summed E-state index contributed by atoms with van der Waals surface area (Å²) in [5.41, 5.74) is 0. The molecular formula is C10H18N2O4. The number of rotatable bonds is 6. The number of carboxylic acid groups (broad SMARTS) is 1. The highest BCUT2D eigenvalue weighted by molar-refractivity contribution is 5.76. The number of carbonyl (C=O) groups excluding carboxylic acids is 1. The third-order valence-corrected chi connectivity index (χ3v) is 2.81. The summed E-state index contributed by atoms with van der Waals surface area (Å²) in [6.45, 7) is 2.76. The molecule has 1 aliphatic rings. The van der Waals surface area contributed by atoms with Gasteiger partial charge in [-0.1, -0.05) is 6.92 Å². The first kappa shape index (κ1) is 12.8. The minimum absolute atomic E-state index is 0.0299. The highest BCUT2D eigenvalue weighted by Crippen LogP contribution is 2.36. The van der Waals surface area contributed by atoms with Gasteiger partial charge in [0.2, 0.25) is 0 Å². The van der Waals surface area contributed by atoms with Crippen molar-refractivity contribution in [2.75, 3.05) is 20.2 Å². The van der Waals surface area contributed by atoms with Crippen molar-refractivity contribution in [2.24, 2.45) is 11.8 Å². The highest BCUT2D eigenvalue weighted by atomic mass is 16.5. The number of amides is 2. The number of carbonyl (C=O) groups is 2. The molecule has 2 amide bonds. The van der Waals surface area contributed by atoms with Gasteiger partial charge in [-0.15, -0.1) is 0 Å². The van der Waals surface area contributed by atoms with Crippen LogP contribution < -0.4 is 10.6 Å². The van der Waals surface area contributed by atoms with Crippen LogP contribution >= 0.6 is 0 Å². The van der Waals surface area contributed by atoms with E-state index in [0.29, 0.717) is 18.4 Å². The Balaban J connectivity index is 2.11. The molecule has 0 aliphatic heterocycles. The average molecular weight is 230 g/mol. The average Bonchev–Trinajstić information content (AvgIpc) is 2.92. The molecule has 0 radical (unpaired) electrons. The van der Waals surface area contributed by atoms with Gasteiger partial charge in [0, 0.05) is 13.7 Å². The quantitative estimate of drug-likeness (QED) is 0.601. The van der Waals surface area contributed by atoms with Crippen LogP contribution in [0.15, 0.2) is 0 Å². The summed E-state index contributed by atoms with van der Waals surface area (Å²) in [7, 11) is 1.30. The molecule has 0 spiro atoms. The smallest absolute Gasteiger partial charge is 0.334 e. The van der Waals surface area contributed by atoms with E-state index in [0.717, 1.165) is 6.42 Å². The van der Waals surface area contributed by atoms with E-state index in [1.165, 1.54) is 7.11 Å². The van der Waals surface area contributed by atoms with Crippen LogP contribution in [-0.2, 0) is 9.53 Å². The third kappa shape index (κ3) is 4.06. The second-order valence-electron chi connectivity index (χ2n) is 4.13. The van der Waals surface area contributed by atoms with E-state index in [1.807, 2.05) is 0 Å². The molecule has 92 valence electrons. The Kier molecular flexibility index (Phi) is 4.54. The Morgan fingerprint density at radius 1 is 1.50 bits per heavy atom. The lowest BCUT2D eigenvalue weighted by Gasteiger charge is -2.12. The lowest BCUT2D eigenvalue weighted by atomic mass is 10.3. The summed E-state index contributed by atoms with van der Waals surface area (Å²) in [6, 6.07) is -0.345. The van der Waals surface area contributed by atoms with Gasteiger partial charge < -0.3 is 20.5 Å². The number of carboxylic acids is 1. The molecule has 16 heavy (non-hydrogen) atoms. The van der Waals surface area contributed by atoms with Gasteiger partial charge in [0.1, 0.15) is 0 Å². The van der Waals surface area contributed by atoms with Gasteiger partial charge in [0.05, 0.1) is 6.54 Å². The van der Waals surface area contributed by atoms with Gasteiger partial charge in [-0.25, -0.2) is 9.59 Å². The molecule has 0 aromatic rings. The minimum Gasteiger partial charge on any atom is -0.479 e. The van der Waals surface area contributed by atoms with Crippen molar-refractivity contribution < 1.29 is 19.4 Å². The van der Waals surface area contributed by atoms with Crippen LogP contribution in [0.2, 0.25) is 0 Å². The van der Waals surface area contributed by atoms with Gasteiger partial charge in [-0.3, -0.25) is 0 Å². The molecule has 3 unspecified atom stereocenters. The zero-order valence-corrected chi connectivity index (χ0v) is 9.53. The Hall–Kier alpha value is -1.30. The first-order valence-corrected chi connectivity index (χ1v) is 5.32. The maximum Gasteiger partial charge on any atom is 0.334 e. The summed E-state index contributed by atoms with van der Waals surface area (Å²) < 4.78 is 4.68. The van der Waals surface area contributed by atoms with E-state index in [-0.39, 0.29) is 12.6 Å². The lowest BCUT2D eigenvalue weighted by molar-refractivity contribution is -0.147. The summed E-state index contributed by atoms with van der Waals surface area (Å²) >= 11 is 0. The van der Waals surface area contributed by atoms with Crippen LogP contribution in [0.4, 0.5) is 4.79 Å². The fourth-order valence-electron chi connectivity index (χ4n) is 1.43. The fraction of sp³-hybridized carbons (Fsp3) is 0.800. The lowest BCUT2D eigenvalue weighted by Crippen LogP contribution is -2.43. The first-order valence-electron chi connectivity index (χ1n) is 5.32. The number of ether oxygens (including phenoxy) is 1. The molecule has 6 heteroatoms. The molecule has 1 saturated carbocycles. The van der Waals surface area contributed by atoms with E-state index in [1.54, 1.807) is 0 Å². The number of nitrogens with one attached hydrogen (secondary N) is 2. The second kappa shape index (κ2) is 5.69. The summed E-state index contributed by atoms with van der Waals surface area (Å²) in [6.07, 6.45) is 0.154. The maximum atomic E-state index is 11.3. The highest BCUT2D eigenvalue weighted by Gasteiger charge is 2.32. The van der Waals surface area contributed by atoms with Crippen molar-refractivity contribution in [3.8, 4) is 0 Å². The number of hydrogen-bond acceptors (Lipinski definition) is 3. The monoisotopic (exact) mass is 230 g/mol. The van der Waals surface area contributed by atoms with E-state index in [4.69, 9.17) is 5.11 Å². The second-order valence-corrected chi connectivity index (χ2v) is 4.13. The molecule has 0 aromatic carbocycles. The normalized spacial score (nSPS) is 24.6. The van der Waals surface area contributed by atoms with Crippen molar-refractivity contribution in [3.05, 3.63) is 0 Å². The fourth-order valence-corrected chi connectivity index (χ4v) is 1.43. The van der Waals surface area contributed by atoms with Gasteiger partial charge in [0.25, 0.3) is 0 Å². The maximum absolute atomic E-state index is 11.3. The molecule has 3 N–H and O–H groups in total. The number of hydrogen-bond donors (Lipinski definition) is 3. The third-order valence-electron chi connectivity index (χ3n) is 2.81. The van der Waals surface area contributed by atoms with Gasteiger partial charge in [0.15, 0.2) is 6.10 Å². The first-order chi connectivity index (χ1) is 7.54. The van der Waals surface area contributed by atoms with Gasteiger partial charge in [-0.05, 0) is 18.3 Å². The summed E-state index contributed by atoms with van der Waals surface area (Å²) in [5.74, 6) is 0.174. The van der Waals surface area contributed by atoms with Crippen LogP contribution in [0.25, 0.3) is 0 Å². The van der Waals surface area contributed by atoms with Crippen molar-refractivity contribution in [2.45, 2.75) is 19.4 Å². The SMILES string of the molecule is COC(CNC(=O)NCC1CC1C)C(=O)O. The predicted octanol–water partition coefficient (Wildman–Crippen LogP) is 0.0412. The van der Waals surface area contributed by atoms with E-state index in [9.17, 15) is 9.59 Å². The molecule has 0 saturated heterocycles. The van der Waals surface area contributed by atoms with Crippen molar-refractivity contribution in [1.29, 1.82) is 0 Å². The molecule has 3 atom stereocenters. The summed E-state index contributed by atoms with van der Waals surface area (Å²) in [5, 5.41) is 13.8. The zero-order valence-electron chi connectivity index (χ0n) is 9.53. The van der Waals surface area contributed by atoms with Crippen LogP contribution in [0.5, 0.6) is 0 Å². The van der Waals surface area contributed by atoms with E-state index >= 15 is 0 Å². The largest absolute Gasteiger partial charge is 0.479 e. The molecule has 0 bridgehead atoms. The topological polar surface area (TPSA) is 87.7 Å². The van der Waals surface area contributed by atoms with Crippen LogP contribution in [0, 0.1) is 11.8 Å². The zero-order chi connectivity index (χ0) is 12.1. The summed E-state index contributed by atoms with van der Waals surface area (Å²) in [4.78, 5) is 21.8. The Labute approximate surface area is 94.3 Å². The van der Waals surface area contributed by atoms with Crippen molar-refractivity contribution in [3.63, 3.8) is 0 Å². The van der Waals surface area contributed by atoms with E-state index in [2.05, 4.69) is 22.3 Å². The van der Waals surface area contributed by atoms with Crippen LogP contribution in [-0.4, -0.2) is 43.4 Å². The molecule has 1 fully saturated rings. The van der Waals surface area contributed by atoms with Crippen LogP contribution in [0.3, 0.4) is 0 Å². The van der Waals surface area contributed by atoms with Gasteiger partial charge >= 0.3 is 12.0 Å². The molecule has 6 nitrogen and oxygen atoms in total.